The first-order chi connectivity index (χ1) is 7.09. The number of aryl methyl sites for hydroxylation is 1. The van der Waals surface area contributed by atoms with Gasteiger partial charge in [0.15, 0.2) is 0 Å². The number of nitrogens with zero attached hydrogens (tertiary/aromatic N) is 3. The first-order valence-corrected chi connectivity index (χ1v) is 6.07. The maximum atomic E-state index is 6.01. The molecular formula is C10H17BrN4. The Kier molecular flexibility index (Phi) is 3.02. The molecule has 1 aromatic rings. The van der Waals surface area contributed by atoms with Crippen LogP contribution in [0.2, 0.25) is 0 Å². The van der Waals surface area contributed by atoms with Crippen molar-refractivity contribution in [1.82, 2.24) is 14.7 Å². The van der Waals surface area contributed by atoms with Crippen molar-refractivity contribution in [3.05, 3.63) is 10.2 Å². The number of aromatic nitrogens is 2. The van der Waals surface area contributed by atoms with Crippen LogP contribution >= 0.6 is 15.9 Å². The normalized spacial score (nSPS) is 19.7. The van der Waals surface area contributed by atoms with E-state index in [1.807, 2.05) is 11.6 Å². The van der Waals surface area contributed by atoms with Gasteiger partial charge in [-0.25, -0.2) is 4.68 Å². The Morgan fingerprint density at radius 2 is 2.00 bits per heavy atom. The van der Waals surface area contributed by atoms with E-state index >= 15 is 0 Å². The molecule has 0 aliphatic carbocycles. The number of likely N-dealkylation sites (tertiary alicyclic amines) is 1. The standard InChI is InChI=1S/C10H17BrN4/c1-7-9(11)10(12)15(13-7)8-3-5-14(2)6-4-8/h8H,3-6,12H2,1-2H3. The van der Waals surface area contributed by atoms with Gasteiger partial charge in [0.1, 0.15) is 5.82 Å². The third-order valence-electron chi connectivity index (χ3n) is 3.08. The highest BCUT2D eigenvalue weighted by atomic mass is 79.9. The van der Waals surface area contributed by atoms with Crippen LogP contribution in [0, 0.1) is 6.92 Å². The molecule has 0 radical (unpaired) electrons. The van der Waals surface area contributed by atoms with E-state index in [2.05, 4.69) is 33.0 Å². The maximum Gasteiger partial charge on any atom is 0.136 e. The summed E-state index contributed by atoms with van der Waals surface area (Å²) in [5.74, 6) is 0.766. The number of piperidine rings is 1. The molecule has 2 heterocycles. The zero-order chi connectivity index (χ0) is 11.0. The first-order valence-electron chi connectivity index (χ1n) is 5.28. The second-order valence-corrected chi connectivity index (χ2v) is 5.06. The zero-order valence-electron chi connectivity index (χ0n) is 9.20. The van der Waals surface area contributed by atoms with Crippen LogP contribution < -0.4 is 5.73 Å². The van der Waals surface area contributed by atoms with Gasteiger partial charge in [0.05, 0.1) is 16.2 Å². The molecular weight excluding hydrogens is 256 g/mol. The highest BCUT2D eigenvalue weighted by Gasteiger charge is 2.22. The Morgan fingerprint density at radius 1 is 1.40 bits per heavy atom. The van der Waals surface area contributed by atoms with Gasteiger partial charge in [-0.1, -0.05) is 0 Å². The van der Waals surface area contributed by atoms with Crippen molar-refractivity contribution in [3.63, 3.8) is 0 Å². The van der Waals surface area contributed by atoms with Gasteiger partial charge in [-0.15, -0.1) is 0 Å². The molecule has 5 heteroatoms. The molecule has 0 saturated carbocycles. The lowest BCUT2D eigenvalue weighted by atomic mass is 10.1. The number of anilines is 1. The van der Waals surface area contributed by atoms with Crippen LogP contribution in [0.3, 0.4) is 0 Å². The fourth-order valence-electron chi connectivity index (χ4n) is 2.06. The molecule has 1 aromatic heterocycles. The Bertz CT molecular complexity index is 353. The van der Waals surface area contributed by atoms with E-state index < -0.39 is 0 Å². The number of halogens is 1. The summed E-state index contributed by atoms with van der Waals surface area (Å²) in [5.41, 5.74) is 6.99. The van der Waals surface area contributed by atoms with Crippen LogP contribution in [0.25, 0.3) is 0 Å². The van der Waals surface area contributed by atoms with Crippen molar-refractivity contribution in [2.75, 3.05) is 25.9 Å². The van der Waals surface area contributed by atoms with Crippen LogP contribution in [0.5, 0.6) is 0 Å². The number of nitrogens with two attached hydrogens (primary N) is 1. The largest absolute Gasteiger partial charge is 0.383 e. The number of hydrogen-bond acceptors (Lipinski definition) is 3. The average molecular weight is 273 g/mol. The van der Waals surface area contributed by atoms with Gasteiger partial charge < -0.3 is 10.6 Å². The van der Waals surface area contributed by atoms with Gasteiger partial charge in [-0.3, -0.25) is 0 Å². The van der Waals surface area contributed by atoms with Gasteiger partial charge >= 0.3 is 0 Å². The molecule has 0 bridgehead atoms. The van der Waals surface area contributed by atoms with Gasteiger partial charge in [-0.2, -0.15) is 5.10 Å². The first kappa shape index (κ1) is 11.0. The summed E-state index contributed by atoms with van der Waals surface area (Å²) >= 11 is 3.46. The molecule has 2 N–H and O–H groups in total. The lowest BCUT2D eigenvalue weighted by Crippen LogP contribution is -2.32. The van der Waals surface area contributed by atoms with E-state index in [1.54, 1.807) is 0 Å². The predicted octanol–water partition coefficient (Wildman–Crippen LogP) is 1.80. The van der Waals surface area contributed by atoms with Crippen molar-refractivity contribution in [3.8, 4) is 0 Å². The minimum Gasteiger partial charge on any atom is -0.383 e. The summed E-state index contributed by atoms with van der Waals surface area (Å²) in [6, 6.07) is 0.464. The van der Waals surface area contributed by atoms with Crippen LogP contribution in [0.4, 0.5) is 5.82 Å². The summed E-state index contributed by atoms with van der Waals surface area (Å²) in [4.78, 5) is 2.35. The third kappa shape index (κ3) is 2.03. The zero-order valence-corrected chi connectivity index (χ0v) is 10.8. The number of hydrogen-bond donors (Lipinski definition) is 1. The Balaban J connectivity index is 2.19. The van der Waals surface area contributed by atoms with Crippen LogP contribution in [-0.2, 0) is 0 Å². The maximum absolute atomic E-state index is 6.01. The summed E-state index contributed by atoms with van der Waals surface area (Å²) in [7, 11) is 2.16. The molecule has 1 saturated heterocycles. The smallest absolute Gasteiger partial charge is 0.136 e. The van der Waals surface area contributed by atoms with E-state index in [1.165, 1.54) is 0 Å². The van der Waals surface area contributed by atoms with Crippen molar-refractivity contribution in [2.24, 2.45) is 0 Å². The molecule has 0 amide bonds. The second-order valence-electron chi connectivity index (χ2n) is 4.26. The fraction of sp³-hybridized carbons (Fsp3) is 0.700. The minimum atomic E-state index is 0.464. The van der Waals surface area contributed by atoms with E-state index in [0.29, 0.717) is 6.04 Å². The van der Waals surface area contributed by atoms with Crippen LogP contribution in [0.15, 0.2) is 4.47 Å². The quantitative estimate of drug-likeness (QED) is 0.848. The Labute approximate surface area is 98.6 Å². The van der Waals surface area contributed by atoms with Crippen LogP contribution in [0.1, 0.15) is 24.6 Å². The molecule has 4 nitrogen and oxygen atoms in total. The molecule has 1 aliphatic heterocycles. The highest BCUT2D eigenvalue weighted by Crippen LogP contribution is 2.30. The summed E-state index contributed by atoms with van der Waals surface area (Å²) in [6.07, 6.45) is 2.27. The van der Waals surface area contributed by atoms with Crippen LogP contribution in [-0.4, -0.2) is 34.8 Å². The van der Waals surface area contributed by atoms with E-state index in [0.717, 1.165) is 41.9 Å². The van der Waals surface area contributed by atoms with Crippen molar-refractivity contribution in [1.29, 1.82) is 0 Å². The van der Waals surface area contributed by atoms with Gasteiger partial charge in [0.25, 0.3) is 0 Å². The number of rotatable bonds is 1. The Morgan fingerprint density at radius 3 is 2.47 bits per heavy atom. The molecule has 0 aromatic carbocycles. The van der Waals surface area contributed by atoms with Gasteiger partial charge in [0.2, 0.25) is 0 Å². The Hall–Kier alpha value is -0.550. The summed E-state index contributed by atoms with van der Waals surface area (Å²) in [5, 5.41) is 4.48. The van der Waals surface area contributed by atoms with Gasteiger partial charge in [0, 0.05) is 0 Å². The molecule has 2 rings (SSSR count). The molecule has 0 spiro atoms. The van der Waals surface area contributed by atoms with E-state index in [9.17, 15) is 0 Å². The lowest BCUT2D eigenvalue weighted by molar-refractivity contribution is 0.213. The molecule has 15 heavy (non-hydrogen) atoms. The van der Waals surface area contributed by atoms with Crippen molar-refractivity contribution < 1.29 is 0 Å². The average Bonchev–Trinajstić information content (AvgIpc) is 2.47. The van der Waals surface area contributed by atoms with E-state index in [4.69, 9.17) is 5.73 Å². The SMILES string of the molecule is Cc1nn(C2CCN(C)CC2)c(N)c1Br. The van der Waals surface area contributed by atoms with E-state index in [-0.39, 0.29) is 0 Å². The van der Waals surface area contributed by atoms with Crippen molar-refractivity contribution in [2.45, 2.75) is 25.8 Å². The molecule has 0 atom stereocenters. The third-order valence-corrected chi connectivity index (χ3v) is 4.06. The fourth-order valence-corrected chi connectivity index (χ4v) is 2.32. The lowest BCUT2D eigenvalue weighted by Gasteiger charge is -2.29. The summed E-state index contributed by atoms with van der Waals surface area (Å²) < 4.78 is 2.92. The highest BCUT2D eigenvalue weighted by molar-refractivity contribution is 9.10. The monoisotopic (exact) mass is 272 g/mol. The molecule has 84 valence electrons. The second kappa shape index (κ2) is 4.14. The molecule has 0 unspecified atom stereocenters. The topological polar surface area (TPSA) is 47.1 Å². The molecule has 1 aliphatic rings. The number of nitrogen functional groups attached to an aromatic ring is 1. The predicted molar refractivity (Wildman–Crippen MR) is 64.8 cm³/mol. The van der Waals surface area contributed by atoms with Gasteiger partial charge in [-0.05, 0) is 55.8 Å². The minimum absolute atomic E-state index is 0.464. The summed E-state index contributed by atoms with van der Waals surface area (Å²) in [6.45, 7) is 4.23. The molecule has 1 fully saturated rings. The van der Waals surface area contributed by atoms with Crippen molar-refractivity contribution >= 4 is 21.7 Å².